The lowest BCUT2D eigenvalue weighted by Crippen LogP contribution is -2.36. The molecular weight excluding hydrogens is 418 g/mol. The van der Waals surface area contributed by atoms with E-state index in [1.54, 1.807) is 12.1 Å². The third-order valence-corrected chi connectivity index (χ3v) is 6.04. The first-order valence-corrected chi connectivity index (χ1v) is 10.6. The van der Waals surface area contributed by atoms with Gasteiger partial charge in [0.05, 0.1) is 29.9 Å². The van der Waals surface area contributed by atoms with E-state index in [0.29, 0.717) is 29.5 Å². The van der Waals surface area contributed by atoms with Crippen LogP contribution in [0.4, 0.5) is 0 Å². The Labute approximate surface area is 186 Å². The number of likely N-dealkylation sites (tertiary alicyclic amines) is 1. The lowest BCUT2D eigenvalue weighted by atomic mass is 9.94. The van der Waals surface area contributed by atoms with Crippen molar-refractivity contribution >= 4 is 29.1 Å². The number of ketones is 1. The number of halogens is 1. The van der Waals surface area contributed by atoms with Crippen molar-refractivity contribution in [1.82, 2.24) is 4.90 Å². The molecule has 0 aromatic heterocycles. The molecule has 162 valence electrons. The molecule has 2 unspecified atom stereocenters. The van der Waals surface area contributed by atoms with Crippen LogP contribution in [0.15, 0.2) is 48.0 Å². The summed E-state index contributed by atoms with van der Waals surface area (Å²) in [6, 6.07) is 11.7. The Morgan fingerprint density at radius 3 is 2.71 bits per heavy atom. The molecule has 0 saturated carbocycles. The first kappa shape index (κ1) is 21.4. The predicted octanol–water partition coefficient (Wildman–Crippen LogP) is 4.26. The topological polar surface area (TPSA) is 76.1 Å². The van der Waals surface area contributed by atoms with E-state index >= 15 is 0 Å². The van der Waals surface area contributed by atoms with Gasteiger partial charge in [0.1, 0.15) is 11.5 Å². The molecule has 0 aliphatic carbocycles. The molecule has 2 aliphatic heterocycles. The zero-order valence-electron chi connectivity index (χ0n) is 17.4. The van der Waals surface area contributed by atoms with E-state index in [1.807, 2.05) is 31.2 Å². The Kier molecular flexibility index (Phi) is 6.03. The Morgan fingerprint density at radius 1 is 1.26 bits per heavy atom. The van der Waals surface area contributed by atoms with Crippen molar-refractivity contribution in [2.75, 3.05) is 20.3 Å². The molecule has 0 radical (unpaired) electrons. The monoisotopic (exact) mass is 441 g/mol. The van der Waals surface area contributed by atoms with Gasteiger partial charge < -0.3 is 19.5 Å². The van der Waals surface area contributed by atoms with E-state index in [0.717, 1.165) is 24.0 Å². The molecule has 2 saturated heterocycles. The fourth-order valence-corrected chi connectivity index (χ4v) is 4.49. The summed E-state index contributed by atoms with van der Waals surface area (Å²) in [6.45, 7) is 2.89. The van der Waals surface area contributed by atoms with Crippen LogP contribution in [0.5, 0.6) is 5.75 Å². The second-order valence-electron chi connectivity index (χ2n) is 7.85. The van der Waals surface area contributed by atoms with Gasteiger partial charge in [-0.15, -0.1) is 0 Å². The molecular formula is C24H24ClNO5. The van der Waals surface area contributed by atoms with Crippen LogP contribution in [0, 0.1) is 6.92 Å². The summed E-state index contributed by atoms with van der Waals surface area (Å²) in [5, 5.41) is 11.4. The van der Waals surface area contributed by atoms with Crippen LogP contribution in [-0.4, -0.2) is 48.1 Å². The van der Waals surface area contributed by atoms with Crippen LogP contribution in [0.25, 0.3) is 5.76 Å². The van der Waals surface area contributed by atoms with Gasteiger partial charge in [-0.05, 0) is 43.5 Å². The zero-order chi connectivity index (χ0) is 22.1. The van der Waals surface area contributed by atoms with Crippen molar-refractivity contribution in [1.29, 1.82) is 0 Å². The molecule has 0 spiro atoms. The number of aliphatic hydroxyl groups excluding tert-OH is 1. The average molecular weight is 442 g/mol. The summed E-state index contributed by atoms with van der Waals surface area (Å²) in [4.78, 5) is 27.6. The van der Waals surface area contributed by atoms with Crippen LogP contribution >= 0.6 is 11.6 Å². The van der Waals surface area contributed by atoms with Crippen molar-refractivity contribution < 1.29 is 24.2 Å². The summed E-state index contributed by atoms with van der Waals surface area (Å²) < 4.78 is 10.9. The van der Waals surface area contributed by atoms with Gasteiger partial charge in [0.15, 0.2) is 0 Å². The van der Waals surface area contributed by atoms with Crippen molar-refractivity contribution in [2.45, 2.75) is 31.9 Å². The van der Waals surface area contributed by atoms with Gasteiger partial charge in [0, 0.05) is 18.7 Å². The molecule has 0 bridgehead atoms. The third kappa shape index (κ3) is 4.05. The summed E-state index contributed by atoms with van der Waals surface area (Å²) in [7, 11) is 1.50. The molecule has 6 nitrogen and oxygen atoms in total. The van der Waals surface area contributed by atoms with Crippen LogP contribution in [0.3, 0.4) is 0 Å². The van der Waals surface area contributed by atoms with Crippen molar-refractivity contribution in [3.63, 3.8) is 0 Å². The lowest BCUT2D eigenvalue weighted by molar-refractivity contribution is -0.140. The largest absolute Gasteiger partial charge is 0.507 e. The molecule has 2 aromatic carbocycles. The highest BCUT2D eigenvalue weighted by Gasteiger charge is 2.47. The normalized spacial score (nSPS) is 22.9. The standard InChI is InChI=1S/C24H24ClNO5/c1-14-5-3-6-15(11-14)21-20(22(27)16-8-9-19(30-2)18(25)12-16)23(28)24(29)26(21)13-17-7-4-10-31-17/h3,5-6,8-9,11-12,17,21,27H,4,7,10,13H2,1-2H3/b22-20-. The SMILES string of the molecule is COc1ccc(/C(O)=C2/C(=O)C(=O)N(CC3CCCO3)C2c2cccc(C)c2)cc1Cl. The van der Waals surface area contributed by atoms with Crippen LogP contribution in [0.1, 0.15) is 35.6 Å². The van der Waals surface area contributed by atoms with Crippen LogP contribution in [-0.2, 0) is 14.3 Å². The quantitative estimate of drug-likeness (QED) is 0.426. The Bertz CT molecular complexity index is 1060. The first-order chi connectivity index (χ1) is 14.9. The number of carbonyl (C=O) groups is 2. The van der Waals surface area contributed by atoms with Gasteiger partial charge in [-0.2, -0.15) is 0 Å². The summed E-state index contributed by atoms with van der Waals surface area (Å²) in [5.74, 6) is -1.16. The smallest absolute Gasteiger partial charge is 0.295 e. The van der Waals surface area contributed by atoms with Gasteiger partial charge in [-0.3, -0.25) is 9.59 Å². The second-order valence-corrected chi connectivity index (χ2v) is 8.26. The predicted molar refractivity (Wildman–Crippen MR) is 117 cm³/mol. The minimum absolute atomic E-state index is 0.0508. The maximum Gasteiger partial charge on any atom is 0.295 e. The van der Waals surface area contributed by atoms with Gasteiger partial charge in [-0.1, -0.05) is 41.4 Å². The number of hydrogen-bond donors (Lipinski definition) is 1. The van der Waals surface area contributed by atoms with Gasteiger partial charge in [0.2, 0.25) is 0 Å². The number of amides is 1. The molecule has 2 aromatic rings. The number of aliphatic hydroxyl groups is 1. The fourth-order valence-electron chi connectivity index (χ4n) is 4.23. The maximum absolute atomic E-state index is 13.1. The molecule has 31 heavy (non-hydrogen) atoms. The van der Waals surface area contributed by atoms with Gasteiger partial charge in [-0.25, -0.2) is 0 Å². The molecule has 4 rings (SSSR count). The van der Waals surface area contributed by atoms with Crippen molar-refractivity contribution in [2.24, 2.45) is 0 Å². The summed E-state index contributed by atoms with van der Waals surface area (Å²) in [6.07, 6.45) is 1.63. The second kappa shape index (κ2) is 8.73. The molecule has 2 fully saturated rings. The molecule has 1 N–H and O–H groups in total. The fraction of sp³-hybridized carbons (Fsp3) is 0.333. The average Bonchev–Trinajstić information content (AvgIpc) is 3.35. The number of benzene rings is 2. The minimum Gasteiger partial charge on any atom is -0.507 e. The van der Waals surface area contributed by atoms with E-state index < -0.39 is 17.7 Å². The molecule has 2 aliphatic rings. The number of Topliss-reactive ketones (excluding diaryl/α,β-unsaturated/α-hetero) is 1. The van der Waals surface area contributed by atoms with Crippen molar-refractivity contribution in [3.8, 4) is 5.75 Å². The Hall–Kier alpha value is -2.83. The number of rotatable bonds is 5. The van der Waals surface area contributed by atoms with E-state index in [1.165, 1.54) is 18.1 Å². The molecule has 2 atom stereocenters. The highest BCUT2D eigenvalue weighted by Crippen LogP contribution is 2.41. The summed E-state index contributed by atoms with van der Waals surface area (Å²) >= 11 is 6.22. The Balaban J connectivity index is 1.83. The van der Waals surface area contributed by atoms with Crippen LogP contribution < -0.4 is 4.74 Å². The van der Waals surface area contributed by atoms with E-state index in [4.69, 9.17) is 21.1 Å². The minimum atomic E-state index is -0.714. The van der Waals surface area contributed by atoms with Crippen LogP contribution in [0.2, 0.25) is 5.02 Å². The molecule has 7 heteroatoms. The number of methoxy groups -OCH3 is 1. The zero-order valence-corrected chi connectivity index (χ0v) is 18.2. The number of ether oxygens (including phenoxy) is 2. The number of nitrogens with zero attached hydrogens (tertiary/aromatic N) is 1. The van der Waals surface area contributed by atoms with E-state index in [9.17, 15) is 14.7 Å². The number of aryl methyl sites for hydroxylation is 1. The molecule has 2 heterocycles. The third-order valence-electron chi connectivity index (χ3n) is 5.75. The molecule has 1 amide bonds. The van der Waals surface area contributed by atoms with E-state index in [-0.39, 0.29) is 17.4 Å². The van der Waals surface area contributed by atoms with E-state index in [2.05, 4.69) is 0 Å². The highest BCUT2D eigenvalue weighted by molar-refractivity contribution is 6.46. The summed E-state index contributed by atoms with van der Waals surface area (Å²) in [5.41, 5.74) is 2.15. The van der Waals surface area contributed by atoms with Crippen molar-refractivity contribution in [3.05, 3.63) is 69.8 Å². The number of hydrogen-bond acceptors (Lipinski definition) is 5. The maximum atomic E-state index is 13.1. The Morgan fingerprint density at radius 2 is 2.06 bits per heavy atom. The van der Waals surface area contributed by atoms with Gasteiger partial charge in [0.25, 0.3) is 11.7 Å². The first-order valence-electron chi connectivity index (χ1n) is 10.2. The number of carbonyl (C=O) groups excluding carboxylic acids is 2. The highest BCUT2D eigenvalue weighted by atomic mass is 35.5. The van der Waals surface area contributed by atoms with Gasteiger partial charge >= 0.3 is 0 Å². The lowest BCUT2D eigenvalue weighted by Gasteiger charge is -2.27.